The fourth-order valence-corrected chi connectivity index (χ4v) is 2.46. The second-order valence-electron chi connectivity index (χ2n) is 5.09. The van der Waals surface area contributed by atoms with Crippen molar-refractivity contribution < 1.29 is 4.92 Å². The number of nitrogens with one attached hydrogen (secondary N) is 2. The van der Waals surface area contributed by atoms with Gasteiger partial charge in [0.25, 0.3) is 0 Å². The van der Waals surface area contributed by atoms with Crippen LogP contribution in [0.5, 0.6) is 0 Å². The Hall–Kier alpha value is -3.42. The van der Waals surface area contributed by atoms with Crippen LogP contribution >= 0.6 is 0 Å². The molecule has 0 atom stereocenters. The molecule has 0 aliphatic carbocycles. The predicted octanol–water partition coefficient (Wildman–Crippen LogP) is 2.64. The van der Waals surface area contributed by atoms with E-state index in [-0.39, 0.29) is 17.3 Å². The first-order valence-corrected chi connectivity index (χ1v) is 7.37. The molecule has 4 N–H and O–H groups in total. The molecule has 24 heavy (non-hydrogen) atoms. The van der Waals surface area contributed by atoms with Crippen molar-refractivity contribution in [3.8, 4) is 0 Å². The molecule has 3 aromatic rings. The average molecular weight is 324 g/mol. The van der Waals surface area contributed by atoms with E-state index in [0.717, 1.165) is 16.5 Å². The van der Waals surface area contributed by atoms with Crippen molar-refractivity contribution in [2.75, 3.05) is 29.5 Å². The van der Waals surface area contributed by atoms with Crippen LogP contribution in [0.3, 0.4) is 0 Å². The van der Waals surface area contributed by atoms with E-state index in [2.05, 4.69) is 20.6 Å². The highest BCUT2D eigenvalue weighted by molar-refractivity contribution is 5.93. The van der Waals surface area contributed by atoms with Crippen molar-refractivity contribution in [2.45, 2.75) is 0 Å². The van der Waals surface area contributed by atoms with Crippen molar-refractivity contribution in [3.63, 3.8) is 0 Å². The summed E-state index contributed by atoms with van der Waals surface area (Å²) in [4.78, 5) is 18.0. The Morgan fingerprint density at radius 3 is 2.62 bits per heavy atom. The lowest BCUT2D eigenvalue weighted by Crippen LogP contribution is -2.16. The lowest BCUT2D eigenvalue weighted by molar-refractivity contribution is -0.383. The van der Waals surface area contributed by atoms with Gasteiger partial charge in [-0.15, -0.1) is 0 Å². The maximum Gasteiger partial charge on any atom is 0.352 e. The first kappa shape index (κ1) is 15.5. The van der Waals surface area contributed by atoms with Crippen molar-refractivity contribution >= 4 is 33.8 Å². The molecule has 8 nitrogen and oxygen atoms in total. The molecule has 2 aromatic carbocycles. The van der Waals surface area contributed by atoms with Crippen LogP contribution in [-0.4, -0.2) is 28.0 Å². The number of benzene rings is 2. The topological polar surface area (TPSA) is 119 Å². The standard InChI is InChI=1S/C16H16N6O2/c17-15-14(22(23)24)16(21-10-20-15)19-9-8-18-13-7-3-5-11-4-1-2-6-12(11)13/h1-7,10,18H,8-9H2,(H3,17,19,20,21). The van der Waals surface area contributed by atoms with Crippen LogP contribution in [0.2, 0.25) is 0 Å². The molecule has 0 saturated carbocycles. The molecule has 0 fully saturated rings. The smallest absolute Gasteiger partial charge is 0.352 e. The Bertz CT molecular complexity index is 878. The summed E-state index contributed by atoms with van der Waals surface area (Å²) < 4.78 is 0. The third kappa shape index (κ3) is 3.17. The second kappa shape index (κ2) is 6.78. The third-order valence-corrected chi connectivity index (χ3v) is 3.56. The molecule has 1 aromatic heterocycles. The average Bonchev–Trinajstić information content (AvgIpc) is 2.58. The van der Waals surface area contributed by atoms with Crippen molar-refractivity contribution in [1.82, 2.24) is 9.97 Å². The van der Waals surface area contributed by atoms with Gasteiger partial charge in [-0.2, -0.15) is 0 Å². The van der Waals surface area contributed by atoms with Crippen LogP contribution in [0, 0.1) is 10.1 Å². The van der Waals surface area contributed by atoms with E-state index in [0.29, 0.717) is 13.1 Å². The van der Waals surface area contributed by atoms with Gasteiger partial charge in [-0.25, -0.2) is 9.97 Å². The second-order valence-corrected chi connectivity index (χ2v) is 5.09. The summed E-state index contributed by atoms with van der Waals surface area (Å²) in [6.07, 6.45) is 1.20. The molecule has 0 radical (unpaired) electrons. The molecule has 0 unspecified atom stereocenters. The number of hydrogen-bond acceptors (Lipinski definition) is 7. The predicted molar refractivity (Wildman–Crippen MR) is 94.0 cm³/mol. The van der Waals surface area contributed by atoms with Crippen molar-refractivity contribution in [2.24, 2.45) is 0 Å². The molecule has 0 spiro atoms. The molecular formula is C16H16N6O2. The summed E-state index contributed by atoms with van der Waals surface area (Å²) in [7, 11) is 0. The van der Waals surface area contributed by atoms with Crippen molar-refractivity contribution in [3.05, 3.63) is 58.9 Å². The van der Waals surface area contributed by atoms with Gasteiger partial charge in [0.1, 0.15) is 6.33 Å². The van der Waals surface area contributed by atoms with Gasteiger partial charge in [0, 0.05) is 24.2 Å². The quantitative estimate of drug-likeness (QED) is 0.362. The third-order valence-electron chi connectivity index (χ3n) is 3.56. The van der Waals surface area contributed by atoms with Gasteiger partial charge in [0.2, 0.25) is 11.6 Å². The number of aromatic nitrogens is 2. The van der Waals surface area contributed by atoms with E-state index < -0.39 is 4.92 Å². The van der Waals surface area contributed by atoms with Crippen LogP contribution in [0.25, 0.3) is 10.8 Å². The molecule has 0 aliphatic heterocycles. The van der Waals surface area contributed by atoms with Gasteiger partial charge in [0.05, 0.1) is 4.92 Å². The van der Waals surface area contributed by atoms with Gasteiger partial charge < -0.3 is 16.4 Å². The number of nitrogens with zero attached hydrogens (tertiary/aromatic N) is 3. The highest BCUT2D eigenvalue weighted by atomic mass is 16.6. The molecule has 0 bridgehead atoms. The molecular weight excluding hydrogens is 308 g/mol. The summed E-state index contributed by atoms with van der Waals surface area (Å²) in [5.41, 5.74) is 6.23. The van der Waals surface area contributed by atoms with Crippen LogP contribution in [0.1, 0.15) is 0 Å². The van der Waals surface area contributed by atoms with Crippen molar-refractivity contribution in [1.29, 1.82) is 0 Å². The minimum atomic E-state index is -0.588. The normalized spacial score (nSPS) is 10.5. The van der Waals surface area contributed by atoms with Crippen LogP contribution in [0.15, 0.2) is 48.8 Å². The fourth-order valence-electron chi connectivity index (χ4n) is 2.46. The van der Waals surface area contributed by atoms with E-state index in [1.165, 1.54) is 6.33 Å². The Morgan fingerprint density at radius 1 is 1.04 bits per heavy atom. The Morgan fingerprint density at radius 2 is 1.79 bits per heavy atom. The van der Waals surface area contributed by atoms with E-state index in [1.54, 1.807) is 0 Å². The maximum absolute atomic E-state index is 11.0. The first-order valence-electron chi connectivity index (χ1n) is 7.37. The number of fused-ring (bicyclic) bond motifs is 1. The molecule has 0 amide bonds. The summed E-state index contributed by atoms with van der Waals surface area (Å²) in [5, 5.41) is 19.5. The zero-order valence-corrected chi connectivity index (χ0v) is 12.8. The molecule has 0 aliphatic rings. The number of nitrogen functional groups attached to an aromatic ring is 1. The lowest BCUT2D eigenvalue weighted by Gasteiger charge is -2.11. The number of rotatable bonds is 6. The fraction of sp³-hybridized carbons (Fsp3) is 0.125. The van der Waals surface area contributed by atoms with E-state index in [4.69, 9.17) is 5.73 Å². The minimum Gasteiger partial charge on any atom is -0.383 e. The summed E-state index contributed by atoms with van der Waals surface area (Å²) in [6.45, 7) is 1.01. The minimum absolute atomic E-state index is 0.118. The number of nitro groups is 1. The number of hydrogen-bond donors (Lipinski definition) is 3. The lowest BCUT2D eigenvalue weighted by atomic mass is 10.1. The molecule has 1 heterocycles. The van der Waals surface area contributed by atoms with E-state index >= 15 is 0 Å². The molecule has 122 valence electrons. The molecule has 8 heteroatoms. The molecule has 3 rings (SSSR count). The first-order chi connectivity index (χ1) is 11.7. The number of anilines is 3. The van der Waals surface area contributed by atoms with Crippen LogP contribution < -0.4 is 16.4 Å². The van der Waals surface area contributed by atoms with Gasteiger partial charge >= 0.3 is 5.69 Å². The number of nitrogens with two attached hydrogens (primary N) is 1. The van der Waals surface area contributed by atoms with Gasteiger partial charge in [-0.3, -0.25) is 10.1 Å². The highest BCUT2D eigenvalue weighted by Crippen LogP contribution is 2.26. The summed E-state index contributed by atoms with van der Waals surface area (Å²) >= 11 is 0. The zero-order valence-electron chi connectivity index (χ0n) is 12.8. The van der Waals surface area contributed by atoms with Crippen LogP contribution in [0.4, 0.5) is 23.0 Å². The largest absolute Gasteiger partial charge is 0.383 e. The Labute approximate surface area is 137 Å². The molecule has 0 saturated heterocycles. The SMILES string of the molecule is Nc1ncnc(NCCNc2cccc3ccccc23)c1[N+](=O)[O-]. The summed E-state index contributed by atoms with van der Waals surface area (Å²) in [6, 6.07) is 14.1. The Balaban J connectivity index is 1.66. The highest BCUT2D eigenvalue weighted by Gasteiger charge is 2.20. The maximum atomic E-state index is 11.0. The summed E-state index contributed by atoms with van der Waals surface area (Å²) in [5.74, 6) is -0.0354. The monoisotopic (exact) mass is 324 g/mol. The van der Waals surface area contributed by atoms with E-state index in [1.807, 2.05) is 42.5 Å². The van der Waals surface area contributed by atoms with Gasteiger partial charge in [-0.1, -0.05) is 36.4 Å². The van der Waals surface area contributed by atoms with Gasteiger partial charge in [-0.05, 0) is 11.5 Å². The van der Waals surface area contributed by atoms with E-state index in [9.17, 15) is 10.1 Å². The van der Waals surface area contributed by atoms with Crippen LogP contribution in [-0.2, 0) is 0 Å². The van der Waals surface area contributed by atoms with Gasteiger partial charge in [0.15, 0.2) is 0 Å². The Kier molecular flexibility index (Phi) is 4.37. The zero-order chi connectivity index (χ0) is 16.9.